The van der Waals surface area contributed by atoms with Gasteiger partial charge >= 0.3 is 0 Å². The van der Waals surface area contributed by atoms with E-state index in [9.17, 15) is 5.11 Å². The second-order valence-electron chi connectivity index (χ2n) is 6.52. The lowest BCUT2D eigenvalue weighted by Crippen LogP contribution is -2.44. The zero-order valence-electron chi connectivity index (χ0n) is 13.5. The normalized spacial score (nSPS) is 21.6. The van der Waals surface area contributed by atoms with Crippen molar-refractivity contribution in [3.05, 3.63) is 35.9 Å². The monoisotopic (exact) mass is 290 g/mol. The quantitative estimate of drug-likeness (QED) is 0.773. The highest BCUT2D eigenvalue weighted by Gasteiger charge is 2.27. The maximum atomic E-state index is 10.9. The van der Waals surface area contributed by atoms with Crippen LogP contribution >= 0.6 is 0 Å². The Bertz CT molecular complexity index is 399. The van der Waals surface area contributed by atoms with Gasteiger partial charge in [0.05, 0.1) is 5.60 Å². The predicted octanol–water partition coefficient (Wildman–Crippen LogP) is 2.75. The molecule has 1 heterocycles. The van der Waals surface area contributed by atoms with Crippen molar-refractivity contribution in [3.8, 4) is 0 Å². The van der Waals surface area contributed by atoms with Crippen LogP contribution in [0.2, 0.25) is 0 Å². The zero-order valence-corrected chi connectivity index (χ0v) is 13.5. The van der Waals surface area contributed by atoms with Gasteiger partial charge in [-0.05, 0) is 44.8 Å². The summed E-state index contributed by atoms with van der Waals surface area (Å²) in [5, 5.41) is 14.4. The smallest absolute Gasteiger partial charge is 0.0994 e. The van der Waals surface area contributed by atoms with Crippen LogP contribution in [0.3, 0.4) is 0 Å². The molecule has 3 nitrogen and oxygen atoms in total. The number of hydrogen-bond donors (Lipinski definition) is 2. The minimum atomic E-state index is -0.784. The Kier molecular flexibility index (Phi) is 6.22. The molecule has 0 saturated carbocycles. The highest BCUT2D eigenvalue weighted by Crippen LogP contribution is 2.22. The Hall–Kier alpha value is -0.900. The molecule has 0 bridgehead atoms. The predicted molar refractivity (Wildman–Crippen MR) is 88.4 cm³/mol. The van der Waals surface area contributed by atoms with Crippen LogP contribution in [0, 0.1) is 0 Å². The highest BCUT2D eigenvalue weighted by atomic mass is 16.3. The molecule has 3 heteroatoms. The van der Waals surface area contributed by atoms with Gasteiger partial charge in [-0.25, -0.2) is 0 Å². The van der Waals surface area contributed by atoms with Gasteiger partial charge < -0.3 is 10.4 Å². The minimum absolute atomic E-state index is 0.591. The fraction of sp³-hybridized carbons (Fsp3) is 0.667. The van der Waals surface area contributed by atoms with Crippen LogP contribution in [0.4, 0.5) is 0 Å². The van der Waals surface area contributed by atoms with Crippen LogP contribution in [-0.4, -0.2) is 42.2 Å². The Balaban J connectivity index is 1.98. The first-order valence-electron chi connectivity index (χ1n) is 8.35. The standard InChI is InChI=1S/C18H30N2O/c1-3-4-13-20(14-17-11-8-12-19-17)15-18(2,21)16-9-6-5-7-10-16/h5-7,9-10,17,19,21H,3-4,8,11-15H2,1-2H3. The molecule has 0 radical (unpaired) electrons. The van der Waals surface area contributed by atoms with E-state index in [1.165, 1.54) is 25.7 Å². The van der Waals surface area contributed by atoms with Crippen LogP contribution in [0.1, 0.15) is 45.1 Å². The lowest BCUT2D eigenvalue weighted by molar-refractivity contribution is 0.0132. The molecule has 0 spiro atoms. The number of rotatable bonds is 8. The number of nitrogens with zero attached hydrogens (tertiary/aromatic N) is 1. The molecule has 1 aliphatic rings. The lowest BCUT2D eigenvalue weighted by Gasteiger charge is -2.33. The third kappa shape index (κ3) is 5.10. The molecule has 0 aliphatic carbocycles. The molecule has 0 amide bonds. The van der Waals surface area contributed by atoms with Crippen LogP contribution in [-0.2, 0) is 5.60 Å². The zero-order chi connectivity index (χ0) is 15.1. The van der Waals surface area contributed by atoms with Crippen LogP contribution < -0.4 is 5.32 Å². The largest absolute Gasteiger partial charge is 0.384 e. The molecular formula is C18H30N2O. The van der Waals surface area contributed by atoms with E-state index in [-0.39, 0.29) is 0 Å². The minimum Gasteiger partial charge on any atom is -0.384 e. The van der Waals surface area contributed by atoms with Crippen LogP contribution in [0.25, 0.3) is 0 Å². The molecule has 2 rings (SSSR count). The van der Waals surface area contributed by atoms with Gasteiger partial charge in [0, 0.05) is 19.1 Å². The fourth-order valence-corrected chi connectivity index (χ4v) is 3.16. The van der Waals surface area contributed by atoms with Crippen LogP contribution in [0.15, 0.2) is 30.3 Å². The molecular weight excluding hydrogens is 260 g/mol. The third-order valence-corrected chi connectivity index (χ3v) is 4.40. The van der Waals surface area contributed by atoms with Crippen molar-refractivity contribution in [1.82, 2.24) is 10.2 Å². The van der Waals surface area contributed by atoms with Crippen molar-refractivity contribution in [2.75, 3.05) is 26.2 Å². The van der Waals surface area contributed by atoms with E-state index < -0.39 is 5.60 Å². The van der Waals surface area contributed by atoms with Crippen molar-refractivity contribution >= 4 is 0 Å². The first kappa shape index (κ1) is 16.5. The highest BCUT2D eigenvalue weighted by molar-refractivity contribution is 5.21. The third-order valence-electron chi connectivity index (χ3n) is 4.40. The van der Waals surface area contributed by atoms with Crippen molar-refractivity contribution in [1.29, 1.82) is 0 Å². The Morgan fingerprint density at radius 3 is 2.71 bits per heavy atom. The van der Waals surface area contributed by atoms with Crippen LogP contribution in [0.5, 0.6) is 0 Å². The fourth-order valence-electron chi connectivity index (χ4n) is 3.16. The van der Waals surface area contributed by atoms with Crippen molar-refractivity contribution in [3.63, 3.8) is 0 Å². The number of hydrogen-bond acceptors (Lipinski definition) is 3. The molecule has 118 valence electrons. The Labute approximate surface area is 129 Å². The van der Waals surface area contributed by atoms with E-state index in [1.54, 1.807) is 0 Å². The lowest BCUT2D eigenvalue weighted by atomic mass is 9.95. The summed E-state index contributed by atoms with van der Waals surface area (Å²) in [6, 6.07) is 10.6. The molecule has 1 aliphatic heterocycles. The van der Waals surface area contributed by atoms with Gasteiger partial charge in [-0.15, -0.1) is 0 Å². The molecule has 1 saturated heterocycles. The van der Waals surface area contributed by atoms with E-state index in [1.807, 2.05) is 37.3 Å². The summed E-state index contributed by atoms with van der Waals surface area (Å²) in [5.41, 5.74) is 0.221. The van der Waals surface area contributed by atoms with E-state index in [0.29, 0.717) is 12.6 Å². The molecule has 1 aromatic rings. The second kappa shape index (κ2) is 7.92. The second-order valence-corrected chi connectivity index (χ2v) is 6.52. The summed E-state index contributed by atoms with van der Waals surface area (Å²) in [6.45, 7) is 8.11. The molecule has 0 aromatic heterocycles. The number of aliphatic hydroxyl groups is 1. The van der Waals surface area contributed by atoms with Crippen molar-refractivity contribution < 1.29 is 5.11 Å². The van der Waals surface area contributed by atoms with E-state index in [2.05, 4.69) is 17.1 Å². The maximum Gasteiger partial charge on any atom is 0.0994 e. The van der Waals surface area contributed by atoms with Gasteiger partial charge in [-0.1, -0.05) is 43.7 Å². The number of nitrogens with one attached hydrogen (secondary N) is 1. The summed E-state index contributed by atoms with van der Waals surface area (Å²) >= 11 is 0. The molecule has 21 heavy (non-hydrogen) atoms. The van der Waals surface area contributed by atoms with Gasteiger partial charge in [0.1, 0.15) is 0 Å². The van der Waals surface area contributed by atoms with Gasteiger partial charge in [-0.3, -0.25) is 4.90 Å². The summed E-state index contributed by atoms with van der Waals surface area (Å²) in [5.74, 6) is 0. The molecule has 2 atom stereocenters. The average molecular weight is 290 g/mol. The Morgan fingerprint density at radius 2 is 2.10 bits per heavy atom. The van der Waals surface area contributed by atoms with Gasteiger partial charge in [0.15, 0.2) is 0 Å². The summed E-state index contributed by atoms with van der Waals surface area (Å²) in [7, 11) is 0. The van der Waals surface area contributed by atoms with Gasteiger partial charge in [0.2, 0.25) is 0 Å². The SMILES string of the molecule is CCCCN(CC1CCCN1)CC(C)(O)c1ccccc1. The summed E-state index contributed by atoms with van der Waals surface area (Å²) in [4.78, 5) is 2.43. The number of benzene rings is 1. The molecule has 2 N–H and O–H groups in total. The van der Waals surface area contributed by atoms with Gasteiger partial charge in [0.25, 0.3) is 0 Å². The number of unbranched alkanes of at least 4 members (excludes halogenated alkanes) is 1. The van der Waals surface area contributed by atoms with Crippen molar-refractivity contribution in [2.24, 2.45) is 0 Å². The maximum absolute atomic E-state index is 10.9. The summed E-state index contributed by atoms with van der Waals surface area (Å²) < 4.78 is 0. The molecule has 1 fully saturated rings. The first-order chi connectivity index (χ1) is 10.1. The average Bonchev–Trinajstić information content (AvgIpc) is 2.98. The topological polar surface area (TPSA) is 35.5 Å². The first-order valence-corrected chi connectivity index (χ1v) is 8.35. The van der Waals surface area contributed by atoms with Gasteiger partial charge in [-0.2, -0.15) is 0 Å². The van der Waals surface area contributed by atoms with Crippen molar-refractivity contribution in [2.45, 2.75) is 51.2 Å². The summed E-state index contributed by atoms with van der Waals surface area (Å²) in [6.07, 6.45) is 4.93. The van der Waals surface area contributed by atoms with E-state index in [0.717, 1.165) is 25.2 Å². The Morgan fingerprint density at radius 1 is 1.33 bits per heavy atom. The molecule has 2 unspecified atom stereocenters. The van der Waals surface area contributed by atoms with E-state index in [4.69, 9.17) is 0 Å². The molecule has 1 aromatic carbocycles. The van der Waals surface area contributed by atoms with E-state index >= 15 is 0 Å².